The molecule has 20 heavy (non-hydrogen) atoms. The molecule has 0 saturated carbocycles. The average molecular weight is 283 g/mol. The minimum absolute atomic E-state index is 0.266. The SMILES string of the molecule is CC(Cn1cccn1)NC(=O)NC(CC(N)=O)C(=O)O. The Morgan fingerprint density at radius 3 is 2.60 bits per heavy atom. The number of hydrogen-bond acceptors (Lipinski definition) is 4. The summed E-state index contributed by atoms with van der Waals surface area (Å²) >= 11 is 0. The first-order valence-electron chi connectivity index (χ1n) is 5.94. The van der Waals surface area contributed by atoms with Crippen LogP contribution in [0, 0.1) is 0 Å². The van der Waals surface area contributed by atoms with Gasteiger partial charge in [0.15, 0.2) is 0 Å². The van der Waals surface area contributed by atoms with Gasteiger partial charge in [-0.2, -0.15) is 5.10 Å². The van der Waals surface area contributed by atoms with Crippen LogP contribution >= 0.6 is 0 Å². The summed E-state index contributed by atoms with van der Waals surface area (Å²) in [6.07, 6.45) is 2.89. The number of rotatable bonds is 7. The van der Waals surface area contributed by atoms with Crippen LogP contribution in [-0.2, 0) is 16.1 Å². The zero-order valence-electron chi connectivity index (χ0n) is 10.9. The molecule has 2 unspecified atom stereocenters. The van der Waals surface area contributed by atoms with E-state index in [1.807, 2.05) is 0 Å². The normalized spacial score (nSPS) is 13.2. The van der Waals surface area contributed by atoms with Gasteiger partial charge in [0.2, 0.25) is 5.91 Å². The number of nitrogens with one attached hydrogen (secondary N) is 2. The first-order chi connectivity index (χ1) is 9.38. The van der Waals surface area contributed by atoms with E-state index in [4.69, 9.17) is 10.8 Å². The minimum Gasteiger partial charge on any atom is -0.480 e. The largest absolute Gasteiger partial charge is 0.480 e. The zero-order valence-corrected chi connectivity index (χ0v) is 10.9. The van der Waals surface area contributed by atoms with Crippen molar-refractivity contribution in [2.45, 2.75) is 32.0 Å². The third-order valence-corrected chi connectivity index (χ3v) is 2.41. The summed E-state index contributed by atoms with van der Waals surface area (Å²) in [4.78, 5) is 33.2. The average Bonchev–Trinajstić information content (AvgIpc) is 2.79. The lowest BCUT2D eigenvalue weighted by molar-refractivity contribution is -0.140. The molecule has 3 amide bonds. The van der Waals surface area contributed by atoms with Gasteiger partial charge in [0.25, 0.3) is 0 Å². The van der Waals surface area contributed by atoms with E-state index in [0.29, 0.717) is 6.54 Å². The van der Waals surface area contributed by atoms with Gasteiger partial charge >= 0.3 is 12.0 Å². The summed E-state index contributed by atoms with van der Waals surface area (Å²) < 4.78 is 1.63. The smallest absolute Gasteiger partial charge is 0.326 e. The van der Waals surface area contributed by atoms with Crippen molar-refractivity contribution in [1.82, 2.24) is 20.4 Å². The fourth-order valence-electron chi connectivity index (χ4n) is 1.56. The van der Waals surface area contributed by atoms with Crippen LogP contribution in [0.5, 0.6) is 0 Å². The molecule has 0 bridgehead atoms. The highest BCUT2D eigenvalue weighted by Crippen LogP contribution is 1.94. The Kier molecular flexibility index (Phi) is 5.51. The van der Waals surface area contributed by atoms with Gasteiger partial charge in [-0.3, -0.25) is 9.48 Å². The lowest BCUT2D eigenvalue weighted by Gasteiger charge is -2.17. The van der Waals surface area contributed by atoms with Gasteiger partial charge < -0.3 is 21.5 Å². The summed E-state index contributed by atoms with van der Waals surface area (Å²) in [5.74, 6) is -2.12. The van der Waals surface area contributed by atoms with E-state index in [-0.39, 0.29) is 6.04 Å². The predicted octanol–water partition coefficient (Wildman–Crippen LogP) is -1.10. The fraction of sp³-hybridized carbons (Fsp3) is 0.455. The number of urea groups is 1. The number of aromatic nitrogens is 2. The molecule has 0 aromatic carbocycles. The summed E-state index contributed by atoms with van der Waals surface area (Å²) in [6, 6.07) is -0.541. The summed E-state index contributed by atoms with van der Waals surface area (Å²) in [6.45, 7) is 2.18. The Hall–Kier alpha value is -2.58. The van der Waals surface area contributed by atoms with Crippen molar-refractivity contribution >= 4 is 17.9 Å². The van der Waals surface area contributed by atoms with E-state index in [1.165, 1.54) is 0 Å². The van der Waals surface area contributed by atoms with Crippen molar-refractivity contribution in [3.63, 3.8) is 0 Å². The molecule has 0 fully saturated rings. The molecular formula is C11H17N5O4. The number of amides is 3. The Morgan fingerprint density at radius 1 is 1.40 bits per heavy atom. The number of carbonyl (C=O) groups excluding carboxylic acids is 2. The Bertz CT molecular complexity index is 473. The van der Waals surface area contributed by atoms with Crippen LogP contribution in [0.2, 0.25) is 0 Å². The topological polar surface area (TPSA) is 139 Å². The maximum atomic E-state index is 11.6. The van der Waals surface area contributed by atoms with Gasteiger partial charge in [-0.05, 0) is 13.0 Å². The second-order valence-corrected chi connectivity index (χ2v) is 4.31. The molecule has 0 spiro atoms. The lowest BCUT2D eigenvalue weighted by atomic mass is 10.2. The van der Waals surface area contributed by atoms with Crippen LogP contribution in [0.15, 0.2) is 18.5 Å². The molecule has 0 radical (unpaired) electrons. The molecule has 9 heteroatoms. The highest BCUT2D eigenvalue weighted by Gasteiger charge is 2.22. The molecule has 9 nitrogen and oxygen atoms in total. The van der Waals surface area contributed by atoms with Crippen molar-refractivity contribution < 1.29 is 19.5 Å². The van der Waals surface area contributed by atoms with E-state index in [9.17, 15) is 14.4 Å². The third-order valence-electron chi connectivity index (χ3n) is 2.41. The molecule has 1 heterocycles. The van der Waals surface area contributed by atoms with E-state index in [0.717, 1.165) is 0 Å². The van der Waals surface area contributed by atoms with Crippen molar-refractivity contribution in [2.24, 2.45) is 5.73 Å². The lowest BCUT2D eigenvalue weighted by Crippen LogP contribution is -2.50. The predicted molar refractivity (Wildman–Crippen MR) is 68.6 cm³/mol. The molecule has 110 valence electrons. The second-order valence-electron chi connectivity index (χ2n) is 4.31. The van der Waals surface area contributed by atoms with Gasteiger partial charge in [-0.15, -0.1) is 0 Å². The molecule has 0 aliphatic carbocycles. The van der Waals surface area contributed by atoms with Crippen LogP contribution in [0.4, 0.5) is 4.79 Å². The maximum absolute atomic E-state index is 11.6. The van der Waals surface area contributed by atoms with Crippen LogP contribution in [0.3, 0.4) is 0 Å². The highest BCUT2D eigenvalue weighted by atomic mass is 16.4. The maximum Gasteiger partial charge on any atom is 0.326 e. The number of hydrogen-bond donors (Lipinski definition) is 4. The molecular weight excluding hydrogens is 266 g/mol. The number of carbonyl (C=O) groups is 3. The fourth-order valence-corrected chi connectivity index (χ4v) is 1.56. The molecule has 0 aliphatic heterocycles. The molecule has 0 aliphatic rings. The third kappa shape index (κ3) is 5.38. The first-order valence-corrected chi connectivity index (χ1v) is 5.94. The minimum atomic E-state index is -1.34. The molecule has 1 aromatic heterocycles. The van der Waals surface area contributed by atoms with Gasteiger partial charge in [0.05, 0.1) is 13.0 Å². The van der Waals surface area contributed by atoms with Crippen LogP contribution < -0.4 is 16.4 Å². The summed E-state index contributed by atoms with van der Waals surface area (Å²) in [5, 5.41) is 17.6. The Morgan fingerprint density at radius 2 is 2.10 bits per heavy atom. The molecule has 5 N–H and O–H groups in total. The van der Waals surface area contributed by atoms with E-state index < -0.39 is 30.4 Å². The standard InChI is InChI=1S/C11H17N5O4/c1-7(6-16-4-2-3-13-16)14-11(20)15-8(10(18)19)5-9(12)17/h2-4,7-8H,5-6H2,1H3,(H2,12,17)(H,18,19)(H2,14,15,20). The van der Waals surface area contributed by atoms with Crippen LogP contribution in [0.1, 0.15) is 13.3 Å². The van der Waals surface area contributed by atoms with E-state index in [2.05, 4.69) is 15.7 Å². The highest BCUT2D eigenvalue weighted by molar-refractivity contribution is 5.87. The Balaban J connectivity index is 2.44. The zero-order chi connectivity index (χ0) is 15.1. The molecule has 1 aromatic rings. The van der Waals surface area contributed by atoms with Crippen LogP contribution in [0.25, 0.3) is 0 Å². The van der Waals surface area contributed by atoms with Gasteiger partial charge in [0, 0.05) is 18.4 Å². The summed E-state index contributed by atoms with van der Waals surface area (Å²) in [7, 11) is 0. The van der Waals surface area contributed by atoms with Gasteiger partial charge in [-0.25, -0.2) is 9.59 Å². The number of nitrogens with zero attached hydrogens (tertiary/aromatic N) is 2. The van der Waals surface area contributed by atoms with Crippen LogP contribution in [-0.4, -0.2) is 44.9 Å². The van der Waals surface area contributed by atoms with Crippen molar-refractivity contribution in [1.29, 1.82) is 0 Å². The second kappa shape index (κ2) is 7.12. The van der Waals surface area contributed by atoms with E-state index >= 15 is 0 Å². The van der Waals surface area contributed by atoms with E-state index in [1.54, 1.807) is 30.1 Å². The summed E-state index contributed by atoms with van der Waals surface area (Å²) in [5.41, 5.74) is 4.91. The molecule has 0 saturated heterocycles. The van der Waals surface area contributed by atoms with Crippen molar-refractivity contribution in [3.05, 3.63) is 18.5 Å². The van der Waals surface area contributed by atoms with Gasteiger partial charge in [0.1, 0.15) is 6.04 Å². The Labute approximate surface area is 115 Å². The molecule has 2 atom stereocenters. The number of carboxylic acids is 1. The van der Waals surface area contributed by atoms with Gasteiger partial charge in [-0.1, -0.05) is 0 Å². The number of primary amides is 1. The molecule has 1 rings (SSSR count). The van der Waals surface area contributed by atoms with Crippen molar-refractivity contribution in [3.8, 4) is 0 Å². The number of carboxylic acid groups (broad SMARTS) is 1. The quantitative estimate of drug-likeness (QED) is 0.503. The van der Waals surface area contributed by atoms with Crippen molar-refractivity contribution in [2.75, 3.05) is 0 Å². The number of aliphatic carboxylic acids is 1. The first kappa shape index (κ1) is 15.5. The number of nitrogens with two attached hydrogens (primary N) is 1. The monoisotopic (exact) mass is 283 g/mol.